The first-order valence-electron chi connectivity index (χ1n) is 9.33. The van der Waals surface area contributed by atoms with Crippen molar-refractivity contribution < 1.29 is 14.7 Å². The summed E-state index contributed by atoms with van der Waals surface area (Å²) < 4.78 is 1.83. The van der Waals surface area contributed by atoms with Gasteiger partial charge in [-0.2, -0.15) is 5.10 Å². The van der Waals surface area contributed by atoms with Gasteiger partial charge in [0.2, 0.25) is 0 Å². The number of aromatic amines is 2. The van der Waals surface area contributed by atoms with Crippen LogP contribution in [0.1, 0.15) is 44.9 Å². The van der Waals surface area contributed by atoms with Crippen molar-refractivity contribution in [2.24, 2.45) is 5.92 Å². The summed E-state index contributed by atoms with van der Waals surface area (Å²) in [6, 6.07) is 4.99. The van der Waals surface area contributed by atoms with E-state index in [0.717, 1.165) is 25.1 Å². The Morgan fingerprint density at radius 2 is 2.00 bits per heavy atom. The van der Waals surface area contributed by atoms with Crippen LogP contribution in [0.4, 0.5) is 0 Å². The third-order valence-corrected chi connectivity index (χ3v) is 5.51. The van der Waals surface area contributed by atoms with E-state index >= 15 is 0 Å². The van der Waals surface area contributed by atoms with Crippen LogP contribution in [0.15, 0.2) is 23.0 Å². The van der Waals surface area contributed by atoms with Gasteiger partial charge >= 0.3 is 11.7 Å². The number of carbonyl (C=O) groups is 2. The summed E-state index contributed by atoms with van der Waals surface area (Å²) in [5.41, 5.74) is 2.93. The summed E-state index contributed by atoms with van der Waals surface area (Å²) in [5.74, 6) is -0.673. The van der Waals surface area contributed by atoms with Crippen LogP contribution in [0, 0.1) is 5.92 Å². The van der Waals surface area contributed by atoms with E-state index in [4.69, 9.17) is 0 Å². The number of carboxylic acid groups (broad SMARTS) is 1. The molecule has 9 heteroatoms. The number of aromatic carboxylic acids is 1. The second-order valence-electron chi connectivity index (χ2n) is 7.52. The van der Waals surface area contributed by atoms with Crippen molar-refractivity contribution in [3.63, 3.8) is 0 Å². The first-order valence-corrected chi connectivity index (χ1v) is 9.33. The fourth-order valence-corrected chi connectivity index (χ4v) is 3.88. The van der Waals surface area contributed by atoms with Crippen LogP contribution in [0.2, 0.25) is 0 Å². The number of amides is 1. The Bertz CT molecular complexity index is 1170. The van der Waals surface area contributed by atoms with Gasteiger partial charge in [0.25, 0.3) is 5.91 Å². The molecule has 3 aromatic rings. The zero-order valence-electron chi connectivity index (χ0n) is 15.1. The van der Waals surface area contributed by atoms with Crippen molar-refractivity contribution in [2.45, 2.75) is 32.4 Å². The van der Waals surface area contributed by atoms with Crippen molar-refractivity contribution in [3.8, 4) is 0 Å². The fraction of sp³-hybridized carbons (Fsp3) is 0.368. The largest absolute Gasteiger partial charge is 0.476 e. The molecule has 0 radical (unpaired) electrons. The average molecular weight is 381 g/mol. The summed E-state index contributed by atoms with van der Waals surface area (Å²) in [6.45, 7) is 1.48. The molecule has 1 fully saturated rings. The molecule has 1 amide bonds. The number of hydrogen-bond donors (Lipinski definition) is 3. The highest BCUT2D eigenvalue weighted by molar-refractivity contribution is 5.97. The van der Waals surface area contributed by atoms with Gasteiger partial charge < -0.3 is 20.0 Å². The number of fused-ring (bicyclic) bond motifs is 2. The molecule has 144 valence electrons. The van der Waals surface area contributed by atoms with Crippen LogP contribution in [0.25, 0.3) is 11.0 Å². The third-order valence-electron chi connectivity index (χ3n) is 5.51. The fourth-order valence-electron chi connectivity index (χ4n) is 3.88. The number of benzene rings is 1. The number of H-pyrrole nitrogens is 2. The van der Waals surface area contributed by atoms with Gasteiger partial charge in [-0.1, -0.05) is 0 Å². The predicted molar refractivity (Wildman–Crippen MR) is 99.3 cm³/mol. The Morgan fingerprint density at radius 1 is 1.21 bits per heavy atom. The molecule has 2 aromatic heterocycles. The molecule has 1 aliphatic carbocycles. The van der Waals surface area contributed by atoms with Gasteiger partial charge in [-0.15, -0.1) is 0 Å². The topological polar surface area (TPSA) is 124 Å². The molecule has 3 heterocycles. The number of carboxylic acids is 1. The Kier molecular flexibility index (Phi) is 3.65. The third kappa shape index (κ3) is 2.79. The summed E-state index contributed by atoms with van der Waals surface area (Å²) in [4.78, 5) is 43.0. The SMILES string of the molecule is O=C(O)c1nn(CC2CC2)c2c1CN(C(=O)c1ccc3[nH]c(=O)[nH]c3c1)CC2. The molecular weight excluding hydrogens is 362 g/mol. The van der Waals surface area contributed by atoms with Gasteiger partial charge in [0, 0.05) is 36.3 Å². The molecule has 5 rings (SSSR count). The molecule has 1 saturated carbocycles. The monoisotopic (exact) mass is 381 g/mol. The molecule has 0 saturated heterocycles. The van der Waals surface area contributed by atoms with E-state index < -0.39 is 5.97 Å². The highest BCUT2D eigenvalue weighted by atomic mass is 16.4. The van der Waals surface area contributed by atoms with E-state index in [1.165, 1.54) is 0 Å². The predicted octanol–water partition coefficient (Wildman–Crippen LogP) is 1.36. The first kappa shape index (κ1) is 16.8. The van der Waals surface area contributed by atoms with Crippen LogP contribution in [-0.2, 0) is 19.5 Å². The smallest absolute Gasteiger partial charge is 0.356 e. The van der Waals surface area contributed by atoms with Crippen molar-refractivity contribution in [2.75, 3.05) is 6.54 Å². The van der Waals surface area contributed by atoms with Crippen molar-refractivity contribution >= 4 is 22.9 Å². The van der Waals surface area contributed by atoms with E-state index in [9.17, 15) is 19.5 Å². The van der Waals surface area contributed by atoms with Crippen LogP contribution >= 0.6 is 0 Å². The number of hydrogen-bond acceptors (Lipinski definition) is 4. The lowest BCUT2D eigenvalue weighted by Gasteiger charge is -2.28. The highest BCUT2D eigenvalue weighted by Crippen LogP contribution is 2.33. The second kappa shape index (κ2) is 6.08. The van der Waals surface area contributed by atoms with E-state index in [1.807, 2.05) is 4.68 Å². The number of nitrogens with zero attached hydrogens (tertiary/aromatic N) is 3. The van der Waals surface area contributed by atoms with Crippen molar-refractivity contribution in [3.05, 3.63) is 51.2 Å². The summed E-state index contributed by atoms with van der Waals surface area (Å²) in [7, 11) is 0. The number of carbonyl (C=O) groups excluding carboxylic acids is 1. The molecule has 0 spiro atoms. The zero-order valence-corrected chi connectivity index (χ0v) is 15.1. The molecular formula is C19H19N5O4. The minimum absolute atomic E-state index is 0.0403. The molecule has 3 N–H and O–H groups in total. The summed E-state index contributed by atoms with van der Waals surface area (Å²) in [5, 5.41) is 13.9. The molecule has 0 bridgehead atoms. The normalized spacial score (nSPS) is 16.4. The zero-order chi connectivity index (χ0) is 19.4. The van der Waals surface area contributed by atoms with E-state index in [0.29, 0.717) is 41.0 Å². The molecule has 9 nitrogen and oxygen atoms in total. The van der Waals surface area contributed by atoms with Gasteiger partial charge in [0.15, 0.2) is 5.69 Å². The quantitative estimate of drug-likeness (QED) is 0.629. The van der Waals surface area contributed by atoms with Crippen LogP contribution < -0.4 is 5.69 Å². The highest BCUT2D eigenvalue weighted by Gasteiger charge is 2.32. The number of nitrogens with one attached hydrogen (secondary N) is 2. The number of rotatable bonds is 4. The average Bonchev–Trinajstić information content (AvgIpc) is 3.30. The van der Waals surface area contributed by atoms with Gasteiger partial charge in [-0.3, -0.25) is 9.48 Å². The lowest BCUT2D eigenvalue weighted by molar-refractivity contribution is 0.0674. The maximum absolute atomic E-state index is 13.0. The Balaban J connectivity index is 1.45. The lowest BCUT2D eigenvalue weighted by atomic mass is 10.0. The molecule has 1 aromatic carbocycles. The summed E-state index contributed by atoms with van der Waals surface area (Å²) >= 11 is 0. The van der Waals surface area contributed by atoms with E-state index in [1.54, 1.807) is 23.1 Å². The van der Waals surface area contributed by atoms with Gasteiger partial charge in [-0.25, -0.2) is 9.59 Å². The first-order chi connectivity index (χ1) is 13.5. The van der Waals surface area contributed by atoms with Gasteiger partial charge in [0.05, 0.1) is 17.6 Å². The summed E-state index contributed by atoms with van der Waals surface area (Å²) in [6.07, 6.45) is 2.90. The Hall–Kier alpha value is -3.36. The standard InChI is InChI=1S/C19H19N5O4/c25-17(11-3-4-13-14(7-11)21-19(28)20-13)23-6-5-15-12(9-23)16(18(26)27)22-24(15)8-10-1-2-10/h3-4,7,10H,1-2,5-6,8-9H2,(H,26,27)(H2,20,21,28). The minimum atomic E-state index is -1.06. The number of imidazole rings is 1. The molecule has 1 aliphatic heterocycles. The maximum atomic E-state index is 13.0. The van der Waals surface area contributed by atoms with Crippen LogP contribution in [0.3, 0.4) is 0 Å². The van der Waals surface area contributed by atoms with Crippen LogP contribution in [0.5, 0.6) is 0 Å². The van der Waals surface area contributed by atoms with Crippen molar-refractivity contribution in [1.82, 2.24) is 24.6 Å². The van der Waals surface area contributed by atoms with E-state index in [2.05, 4.69) is 15.1 Å². The Labute approximate surface area is 159 Å². The number of aromatic nitrogens is 4. The van der Waals surface area contributed by atoms with E-state index in [-0.39, 0.29) is 23.8 Å². The molecule has 28 heavy (non-hydrogen) atoms. The second-order valence-corrected chi connectivity index (χ2v) is 7.52. The Morgan fingerprint density at radius 3 is 2.75 bits per heavy atom. The molecule has 0 unspecified atom stereocenters. The maximum Gasteiger partial charge on any atom is 0.356 e. The molecule has 0 atom stereocenters. The lowest BCUT2D eigenvalue weighted by Crippen LogP contribution is -2.36. The van der Waals surface area contributed by atoms with Crippen molar-refractivity contribution in [1.29, 1.82) is 0 Å². The molecule has 2 aliphatic rings. The minimum Gasteiger partial charge on any atom is -0.476 e. The van der Waals surface area contributed by atoms with Gasteiger partial charge in [-0.05, 0) is 37.0 Å². The van der Waals surface area contributed by atoms with Gasteiger partial charge in [0.1, 0.15) is 0 Å². The van der Waals surface area contributed by atoms with Crippen LogP contribution in [-0.4, -0.2) is 48.2 Å².